The van der Waals surface area contributed by atoms with Crippen molar-refractivity contribution in [3.63, 3.8) is 0 Å². The van der Waals surface area contributed by atoms with Gasteiger partial charge in [0.05, 0.1) is 12.7 Å². The topological polar surface area (TPSA) is 42.3 Å². The molecule has 0 bridgehead atoms. The first-order valence-corrected chi connectivity index (χ1v) is 9.53. The van der Waals surface area contributed by atoms with Crippen LogP contribution in [-0.4, -0.2) is 26.0 Å². The van der Waals surface area contributed by atoms with E-state index in [0.717, 1.165) is 37.5 Å². The van der Waals surface area contributed by atoms with Gasteiger partial charge in [-0.25, -0.2) is 0 Å². The van der Waals surface area contributed by atoms with Crippen LogP contribution in [0.1, 0.15) is 62.0 Å². The van der Waals surface area contributed by atoms with Crippen LogP contribution in [0.25, 0.3) is 0 Å². The van der Waals surface area contributed by atoms with Gasteiger partial charge in [-0.1, -0.05) is 12.5 Å². The van der Waals surface area contributed by atoms with Crippen LogP contribution >= 0.6 is 0 Å². The van der Waals surface area contributed by atoms with E-state index in [1.165, 1.54) is 43.2 Å². The van der Waals surface area contributed by atoms with Gasteiger partial charge >= 0.3 is 0 Å². The van der Waals surface area contributed by atoms with E-state index in [0.29, 0.717) is 6.10 Å². The molecule has 2 fully saturated rings. The van der Waals surface area contributed by atoms with Crippen LogP contribution in [0.15, 0.2) is 18.2 Å². The van der Waals surface area contributed by atoms with Crippen LogP contribution in [0.3, 0.4) is 0 Å². The first-order chi connectivity index (χ1) is 11.7. The molecule has 4 rings (SSSR count). The highest BCUT2D eigenvalue weighted by Gasteiger charge is 2.47. The second-order valence-electron chi connectivity index (χ2n) is 8.09. The van der Waals surface area contributed by atoms with Crippen molar-refractivity contribution in [2.75, 3.05) is 13.7 Å². The van der Waals surface area contributed by atoms with Gasteiger partial charge in [0.2, 0.25) is 0 Å². The number of methoxy groups -OCH3 is 1. The Hall–Kier alpha value is -1.35. The molecule has 0 aliphatic heterocycles. The normalized spacial score (nSPS) is 32.4. The van der Waals surface area contributed by atoms with Gasteiger partial charge in [-0.2, -0.15) is 0 Å². The summed E-state index contributed by atoms with van der Waals surface area (Å²) in [4.78, 5) is 0. The van der Waals surface area contributed by atoms with Crippen LogP contribution in [0.5, 0.6) is 5.75 Å². The highest BCUT2D eigenvalue weighted by atomic mass is 16.5. The average molecular weight is 327 g/mol. The molecule has 1 N–H and O–H groups in total. The fraction of sp³-hybridized carbons (Fsp3) is 0.667. The van der Waals surface area contributed by atoms with Gasteiger partial charge in [0, 0.05) is 19.2 Å². The molecule has 0 heterocycles. The summed E-state index contributed by atoms with van der Waals surface area (Å²) in [5.41, 5.74) is 3.01. The van der Waals surface area contributed by atoms with Crippen molar-refractivity contribution < 1.29 is 9.47 Å². The van der Waals surface area contributed by atoms with Gasteiger partial charge in [0.1, 0.15) is 5.75 Å². The Balaban J connectivity index is 1.51. The average Bonchev–Trinajstić information content (AvgIpc) is 2.86. The van der Waals surface area contributed by atoms with Crippen LogP contribution in [0, 0.1) is 16.7 Å². The van der Waals surface area contributed by atoms with Crippen molar-refractivity contribution in [1.29, 1.82) is 5.41 Å². The van der Waals surface area contributed by atoms with Crippen LogP contribution in [0.4, 0.5) is 0 Å². The first kappa shape index (κ1) is 16.1. The fourth-order valence-electron chi connectivity index (χ4n) is 4.96. The Labute approximate surface area is 145 Å². The molecular weight excluding hydrogens is 298 g/mol. The van der Waals surface area contributed by atoms with Crippen molar-refractivity contribution in [3.05, 3.63) is 29.3 Å². The number of hydrogen-bond acceptors (Lipinski definition) is 3. The van der Waals surface area contributed by atoms with Gasteiger partial charge in [0.25, 0.3) is 0 Å². The molecule has 0 aromatic heterocycles. The zero-order valence-corrected chi connectivity index (χ0v) is 14.7. The summed E-state index contributed by atoms with van der Waals surface area (Å²) in [7, 11) is 1.83. The maximum Gasteiger partial charge on any atom is 0.119 e. The molecule has 3 heteroatoms. The fourth-order valence-corrected chi connectivity index (χ4v) is 4.96. The molecule has 3 nitrogen and oxygen atoms in total. The van der Waals surface area contributed by atoms with E-state index in [9.17, 15) is 0 Å². The molecule has 130 valence electrons. The van der Waals surface area contributed by atoms with E-state index >= 15 is 0 Å². The summed E-state index contributed by atoms with van der Waals surface area (Å²) in [6.07, 6.45) is 11.8. The number of hydrogen-bond donors (Lipinski definition) is 1. The van der Waals surface area contributed by atoms with Gasteiger partial charge in [-0.3, -0.25) is 0 Å². The first-order valence-electron chi connectivity index (χ1n) is 9.53. The zero-order chi connectivity index (χ0) is 16.6. The molecule has 3 aliphatic carbocycles. The third-order valence-electron chi connectivity index (χ3n) is 6.79. The molecular formula is C21H29NO2. The maximum absolute atomic E-state index is 8.07. The smallest absolute Gasteiger partial charge is 0.119 e. The van der Waals surface area contributed by atoms with Crippen molar-refractivity contribution in [2.45, 2.75) is 63.4 Å². The minimum Gasteiger partial charge on any atom is -0.493 e. The summed E-state index contributed by atoms with van der Waals surface area (Å²) < 4.78 is 11.6. The third kappa shape index (κ3) is 2.77. The monoisotopic (exact) mass is 327 g/mol. The van der Waals surface area contributed by atoms with Crippen molar-refractivity contribution in [1.82, 2.24) is 0 Å². The van der Waals surface area contributed by atoms with Crippen LogP contribution in [0.2, 0.25) is 0 Å². The Morgan fingerprint density at radius 3 is 2.62 bits per heavy atom. The van der Waals surface area contributed by atoms with E-state index in [2.05, 4.69) is 18.2 Å². The summed E-state index contributed by atoms with van der Waals surface area (Å²) in [6, 6.07) is 6.61. The summed E-state index contributed by atoms with van der Waals surface area (Å²) in [5, 5.41) is 8.07. The van der Waals surface area contributed by atoms with Gasteiger partial charge in [-0.05, 0) is 79.5 Å². The molecule has 24 heavy (non-hydrogen) atoms. The zero-order valence-electron chi connectivity index (χ0n) is 14.7. The number of benzene rings is 1. The molecule has 0 radical (unpaired) electrons. The van der Waals surface area contributed by atoms with E-state index < -0.39 is 0 Å². The highest BCUT2D eigenvalue weighted by molar-refractivity contribution is 5.70. The molecule has 1 aromatic rings. The summed E-state index contributed by atoms with van der Waals surface area (Å²) in [6.45, 7) is 0.856. The molecule has 1 aromatic carbocycles. The van der Waals surface area contributed by atoms with E-state index in [4.69, 9.17) is 14.9 Å². The summed E-state index contributed by atoms with van der Waals surface area (Å²) >= 11 is 0. The highest BCUT2D eigenvalue weighted by Crippen LogP contribution is 2.55. The standard InChI is InChI=1S/C21H29NO2/c1-23-17-7-9-21(10-8-17)12-16-5-6-18(11-19(16)20(21)13-22)24-14-15-3-2-4-15/h5-6,11,13,15,17,20,22H,2-4,7-10,12,14H2,1H3. The Bertz CT molecular complexity index is 600. The van der Waals surface area contributed by atoms with E-state index in [-0.39, 0.29) is 11.3 Å². The quantitative estimate of drug-likeness (QED) is 0.794. The molecule has 1 unspecified atom stereocenters. The third-order valence-corrected chi connectivity index (χ3v) is 6.79. The lowest BCUT2D eigenvalue weighted by Crippen LogP contribution is -2.34. The largest absolute Gasteiger partial charge is 0.493 e. The lowest BCUT2D eigenvalue weighted by atomic mass is 9.66. The number of nitrogens with one attached hydrogen (secondary N) is 1. The van der Waals surface area contributed by atoms with Crippen molar-refractivity contribution in [2.24, 2.45) is 11.3 Å². The molecule has 1 spiro atoms. The lowest BCUT2D eigenvalue weighted by Gasteiger charge is -2.40. The second-order valence-corrected chi connectivity index (χ2v) is 8.09. The second kappa shape index (κ2) is 6.51. The van der Waals surface area contributed by atoms with Crippen LogP contribution < -0.4 is 4.74 Å². The Kier molecular flexibility index (Phi) is 4.38. The minimum atomic E-state index is 0.242. The van der Waals surface area contributed by atoms with Crippen molar-refractivity contribution in [3.8, 4) is 5.75 Å². The number of rotatable bonds is 5. The maximum atomic E-state index is 8.07. The minimum absolute atomic E-state index is 0.242. The predicted octanol–water partition coefficient (Wildman–Crippen LogP) is 4.73. The Morgan fingerprint density at radius 1 is 1.21 bits per heavy atom. The SMILES string of the molecule is COC1CCC2(CC1)Cc1ccc(OCC3CCC3)cc1C2C=N. The van der Waals surface area contributed by atoms with Crippen LogP contribution in [-0.2, 0) is 11.2 Å². The summed E-state index contributed by atoms with van der Waals surface area (Å²) in [5.74, 6) is 2.00. The number of fused-ring (bicyclic) bond motifs is 1. The molecule has 0 amide bonds. The molecule has 2 saturated carbocycles. The molecule has 3 aliphatic rings. The van der Waals surface area contributed by atoms with E-state index in [1.807, 2.05) is 7.11 Å². The molecule has 1 atom stereocenters. The van der Waals surface area contributed by atoms with Gasteiger partial charge in [0.15, 0.2) is 0 Å². The van der Waals surface area contributed by atoms with E-state index in [1.54, 1.807) is 6.21 Å². The van der Waals surface area contributed by atoms with Gasteiger partial charge < -0.3 is 14.9 Å². The van der Waals surface area contributed by atoms with Crippen molar-refractivity contribution >= 4 is 6.21 Å². The lowest BCUT2D eigenvalue weighted by molar-refractivity contribution is 0.0272. The number of ether oxygens (including phenoxy) is 2. The predicted molar refractivity (Wildman–Crippen MR) is 96.2 cm³/mol. The Morgan fingerprint density at radius 2 is 2.00 bits per heavy atom. The molecule has 0 saturated heterocycles. The van der Waals surface area contributed by atoms with Gasteiger partial charge in [-0.15, -0.1) is 0 Å².